The Balaban J connectivity index is 2.68. The molecule has 0 atom stereocenters. The van der Waals surface area contributed by atoms with Crippen molar-refractivity contribution < 1.29 is 27.5 Å². The molecule has 0 aliphatic rings. The summed E-state index contributed by atoms with van der Waals surface area (Å²) in [5, 5.41) is 2.34. The largest absolute Gasteiger partial charge is 0.462 e. The number of nitrogens with one attached hydrogen (secondary N) is 1. The lowest BCUT2D eigenvalue weighted by atomic mass is 10.2. The van der Waals surface area contributed by atoms with E-state index in [4.69, 9.17) is 4.74 Å². The van der Waals surface area contributed by atoms with Gasteiger partial charge in [0.2, 0.25) is 5.91 Å². The Hall–Kier alpha value is -1.57. The van der Waals surface area contributed by atoms with Gasteiger partial charge in [0.05, 0.1) is 24.3 Å². The zero-order chi connectivity index (χ0) is 16.0. The van der Waals surface area contributed by atoms with Gasteiger partial charge in [-0.25, -0.2) is 4.79 Å². The number of ether oxygens (including phenoxy) is 1. The van der Waals surface area contributed by atoms with Gasteiger partial charge in [0.1, 0.15) is 0 Å². The highest BCUT2D eigenvalue weighted by Gasteiger charge is 2.28. The number of anilines is 1. The van der Waals surface area contributed by atoms with Gasteiger partial charge in [0.25, 0.3) is 0 Å². The van der Waals surface area contributed by atoms with E-state index in [9.17, 15) is 22.8 Å². The Morgan fingerprint density at radius 2 is 2.00 bits per heavy atom. The van der Waals surface area contributed by atoms with Gasteiger partial charge in [0.15, 0.2) is 0 Å². The van der Waals surface area contributed by atoms with Crippen molar-refractivity contribution in [1.82, 2.24) is 0 Å². The predicted octanol–water partition coefficient (Wildman–Crippen LogP) is 3.91. The lowest BCUT2D eigenvalue weighted by Crippen LogP contribution is -2.17. The van der Waals surface area contributed by atoms with E-state index in [1.807, 2.05) is 0 Å². The molecule has 0 bridgehead atoms. The van der Waals surface area contributed by atoms with E-state index in [-0.39, 0.29) is 17.9 Å². The zero-order valence-corrected chi connectivity index (χ0v) is 12.7. The Morgan fingerprint density at radius 3 is 2.52 bits per heavy atom. The number of carbonyl (C=O) groups excluding carboxylic acids is 2. The lowest BCUT2D eigenvalue weighted by molar-refractivity contribution is -0.142. The molecule has 0 saturated heterocycles. The number of alkyl halides is 3. The van der Waals surface area contributed by atoms with Crippen LogP contribution in [-0.2, 0) is 9.53 Å². The van der Waals surface area contributed by atoms with Crippen molar-refractivity contribution in [2.24, 2.45) is 0 Å². The topological polar surface area (TPSA) is 55.4 Å². The smallest absolute Gasteiger partial charge is 0.389 e. The van der Waals surface area contributed by atoms with Crippen LogP contribution in [0.1, 0.15) is 30.1 Å². The van der Waals surface area contributed by atoms with Crippen molar-refractivity contribution in [1.29, 1.82) is 0 Å². The van der Waals surface area contributed by atoms with E-state index in [0.29, 0.717) is 4.47 Å². The standard InChI is InChI=1S/C13H13BrF3NO3/c1-2-21-12(20)8-3-4-10(9(14)7-8)18-11(19)5-6-13(15,16)17/h3-4,7H,2,5-6H2,1H3,(H,18,19). The third-order valence-electron chi connectivity index (χ3n) is 2.39. The molecular weight excluding hydrogens is 355 g/mol. The first-order valence-corrected chi connectivity index (χ1v) is 6.85. The number of hydrogen-bond donors (Lipinski definition) is 1. The fourth-order valence-corrected chi connectivity index (χ4v) is 1.90. The van der Waals surface area contributed by atoms with Crippen molar-refractivity contribution in [2.75, 3.05) is 11.9 Å². The molecule has 0 aliphatic heterocycles. The molecule has 0 fully saturated rings. The summed E-state index contributed by atoms with van der Waals surface area (Å²) in [6.45, 7) is 1.90. The van der Waals surface area contributed by atoms with Crippen LogP contribution in [0.3, 0.4) is 0 Å². The molecule has 1 amide bonds. The van der Waals surface area contributed by atoms with Crippen LogP contribution in [0.5, 0.6) is 0 Å². The second-order valence-electron chi connectivity index (χ2n) is 4.08. The van der Waals surface area contributed by atoms with Crippen LogP contribution in [0, 0.1) is 0 Å². The van der Waals surface area contributed by atoms with E-state index >= 15 is 0 Å². The summed E-state index contributed by atoms with van der Waals surface area (Å²) in [7, 11) is 0. The minimum absolute atomic E-state index is 0.229. The van der Waals surface area contributed by atoms with Gasteiger partial charge in [-0.15, -0.1) is 0 Å². The number of halogens is 4. The fraction of sp³-hybridized carbons (Fsp3) is 0.385. The molecule has 0 spiro atoms. The first-order valence-electron chi connectivity index (χ1n) is 6.06. The molecule has 0 aliphatic carbocycles. The number of esters is 1. The Labute approximate surface area is 127 Å². The van der Waals surface area contributed by atoms with Crippen LogP contribution < -0.4 is 5.32 Å². The first kappa shape index (κ1) is 17.5. The fourth-order valence-electron chi connectivity index (χ4n) is 1.43. The summed E-state index contributed by atoms with van der Waals surface area (Å²) in [5.74, 6) is -1.27. The normalized spacial score (nSPS) is 11.1. The summed E-state index contributed by atoms with van der Waals surface area (Å²) in [5.41, 5.74) is 0.562. The minimum Gasteiger partial charge on any atom is -0.462 e. The summed E-state index contributed by atoms with van der Waals surface area (Å²) in [4.78, 5) is 22.9. The molecule has 4 nitrogen and oxygen atoms in total. The van der Waals surface area contributed by atoms with E-state index in [1.54, 1.807) is 6.92 Å². The summed E-state index contributed by atoms with van der Waals surface area (Å²) >= 11 is 3.14. The molecule has 0 heterocycles. The highest BCUT2D eigenvalue weighted by Crippen LogP contribution is 2.25. The van der Waals surface area contributed by atoms with Crippen molar-refractivity contribution in [3.05, 3.63) is 28.2 Å². The maximum Gasteiger partial charge on any atom is 0.389 e. The van der Waals surface area contributed by atoms with Crippen LogP contribution >= 0.6 is 15.9 Å². The second-order valence-corrected chi connectivity index (χ2v) is 4.93. The predicted molar refractivity (Wildman–Crippen MR) is 74.0 cm³/mol. The highest BCUT2D eigenvalue weighted by atomic mass is 79.9. The third kappa shape index (κ3) is 6.16. The molecule has 0 unspecified atom stereocenters. The summed E-state index contributed by atoms with van der Waals surface area (Å²) in [6.07, 6.45) is -6.21. The molecule has 0 saturated carbocycles. The molecule has 1 N–H and O–H groups in total. The Bertz CT molecular complexity index is 532. The number of amides is 1. The van der Waals surface area contributed by atoms with Gasteiger partial charge in [0, 0.05) is 10.9 Å². The number of rotatable bonds is 5. The lowest BCUT2D eigenvalue weighted by Gasteiger charge is -2.10. The van der Waals surface area contributed by atoms with E-state index in [1.165, 1.54) is 18.2 Å². The molecule has 8 heteroatoms. The maximum absolute atomic E-state index is 12.0. The van der Waals surface area contributed by atoms with Crippen molar-refractivity contribution in [2.45, 2.75) is 25.9 Å². The van der Waals surface area contributed by atoms with Crippen LogP contribution in [0.15, 0.2) is 22.7 Å². The van der Waals surface area contributed by atoms with Gasteiger partial charge < -0.3 is 10.1 Å². The minimum atomic E-state index is -4.37. The molecule has 1 aromatic carbocycles. The zero-order valence-electron chi connectivity index (χ0n) is 11.1. The highest BCUT2D eigenvalue weighted by molar-refractivity contribution is 9.10. The third-order valence-corrected chi connectivity index (χ3v) is 3.05. The number of benzene rings is 1. The van der Waals surface area contributed by atoms with Gasteiger partial charge in [-0.1, -0.05) is 0 Å². The monoisotopic (exact) mass is 367 g/mol. The van der Waals surface area contributed by atoms with E-state index < -0.39 is 30.9 Å². The number of carbonyl (C=O) groups is 2. The van der Waals surface area contributed by atoms with Gasteiger partial charge in [-0.2, -0.15) is 13.2 Å². The SMILES string of the molecule is CCOC(=O)c1ccc(NC(=O)CCC(F)(F)F)c(Br)c1. The Kier molecular flexibility index (Phi) is 6.19. The van der Waals surface area contributed by atoms with Gasteiger partial charge in [-0.3, -0.25) is 4.79 Å². The second kappa shape index (κ2) is 7.44. The summed E-state index contributed by atoms with van der Waals surface area (Å²) in [6, 6.07) is 4.27. The van der Waals surface area contributed by atoms with Crippen LogP contribution in [0.2, 0.25) is 0 Å². The van der Waals surface area contributed by atoms with Gasteiger partial charge >= 0.3 is 12.1 Å². The molecule has 116 valence electrons. The van der Waals surface area contributed by atoms with Crippen LogP contribution in [0.4, 0.5) is 18.9 Å². The van der Waals surface area contributed by atoms with E-state index in [0.717, 1.165) is 0 Å². The molecule has 0 radical (unpaired) electrons. The molecule has 1 aromatic rings. The van der Waals surface area contributed by atoms with Crippen molar-refractivity contribution in [3.8, 4) is 0 Å². The van der Waals surface area contributed by atoms with E-state index in [2.05, 4.69) is 21.2 Å². The van der Waals surface area contributed by atoms with Crippen LogP contribution in [0.25, 0.3) is 0 Å². The molecule has 1 rings (SSSR count). The molecule has 0 aromatic heterocycles. The molecule has 21 heavy (non-hydrogen) atoms. The van der Waals surface area contributed by atoms with Gasteiger partial charge in [-0.05, 0) is 41.1 Å². The average molecular weight is 368 g/mol. The quantitative estimate of drug-likeness (QED) is 0.802. The number of hydrogen-bond acceptors (Lipinski definition) is 3. The molecular formula is C13H13BrF3NO3. The first-order chi connectivity index (χ1) is 9.73. The van der Waals surface area contributed by atoms with Crippen molar-refractivity contribution in [3.63, 3.8) is 0 Å². The summed E-state index contributed by atoms with van der Waals surface area (Å²) < 4.78 is 41.2. The Morgan fingerprint density at radius 1 is 1.33 bits per heavy atom. The van der Waals surface area contributed by atoms with Crippen LogP contribution in [-0.4, -0.2) is 24.7 Å². The average Bonchev–Trinajstić information content (AvgIpc) is 2.38. The maximum atomic E-state index is 12.0. The van der Waals surface area contributed by atoms with Crippen molar-refractivity contribution >= 4 is 33.5 Å².